The number of amides is 5. The number of hydrogen-bond donors (Lipinski definition) is 8. The van der Waals surface area contributed by atoms with Crippen LogP contribution in [0.2, 0.25) is 0 Å². The number of carboxylic acids is 1. The van der Waals surface area contributed by atoms with E-state index in [1.54, 1.807) is 0 Å². The van der Waals surface area contributed by atoms with Crippen molar-refractivity contribution in [1.82, 2.24) is 16.0 Å². The third kappa shape index (κ3) is 10.9. The maximum absolute atomic E-state index is 12.4. The summed E-state index contributed by atoms with van der Waals surface area (Å²) in [5, 5.41) is 25.2. The molecule has 0 radical (unpaired) electrons. The fourth-order valence-corrected chi connectivity index (χ4v) is 2.31. The minimum atomic E-state index is -1.65. The quantitative estimate of drug-likeness (QED) is 0.128. The Kier molecular flexibility index (Phi) is 11.7. The number of hydrogen-bond acceptors (Lipinski definition) is 8. The van der Waals surface area contributed by atoms with Gasteiger partial charge in [0.1, 0.15) is 12.1 Å². The first-order valence-electron chi connectivity index (χ1n) is 9.40. The van der Waals surface area contributed by atoms with Gasteiger partial charge in [0, 0.05) is 12.8 Å². The number of aliphatic hydroxyl groups excluding tert-OH is 1. The molecule has 0 aliphatic carbocycles. The second kappa shape index (κ2) is 13.1. The van der Waals surface area contributed by atoms with Gasteiger partial charge in [-0.3, -0.25) is 24.0 Å². The first-order valence-corrected chi connectivity index (χ1v) is 9.40. The van der Waals surface area contributed by atoms with Gasteiger partial charge in [0.25, 0.3) is 0 Å². The molecule has 5 amide bonds. The smallest absolute Gasteiger partial charge is 0.328 e. The van der Waals surface area contributed by atoms with Gasteiger partial charge in [0.2, 0.25) is 29.5 Å². The van der Waals surface area contributed by atoms with Crippen LogP contribution in [0.5, 0.6) is 0 Å². The lowest BCUT2D eigenvalue weighted by molar-refractivity contribution is -0.145. The molecule has 0 aromatic heterocycles. The molecular formula is C17H30N6O8. The van der Waals surface area contributed by atoms with E-state index in [0.717, 1.165) is 6.92 Å². The molecule has 176 valence electrons. The van der Waals surface area contributed by atoms with Crippen LogP contribution in [0.4, 0.5) is 0 Å². The zero-order chi connectivity index (χ0) is 24.3. The minimum absolute atomic E-state index is 0.0327. The highest BCUT2D eigenvalue weighted by Crippen LogP contribution is 2.02. The molecule has 0 bridgehead atoms. The molecule has 0 rings (SSSR count). The van der Waals surface area contributed by atoms with Gasteiger partial charge < -0.3 is 43.4 Å². The monoisotopic (exact) mass is 446 g/mol. The molecule has 0 aliphatic heterocycles. The summed E-state index contributed by atoms with van der Waals surface area (Å²) in [6.07, 6.45) is -2.15. The Hall–Kier alpha value is -3.26. The molecule has 0 aromatic rings. The molecule has 5 unspecified atom stereocenters. The van der Waals surface area contributed by atoms with E-state index in [2.05, 4.69) is 16.0 Å². The summed E-state index contributed by atoms with van der Waals surface area (Å²) in [5.41, 5.74) is 15.6. The normalized spacial score (nSPS) is 15.5. The highest BCUT2D eigenvalue weighted by molar-refractivity contribution is 5.94. The number of nitrogens with one attached hydrogen (secondary N) is 3. The Morgan fingerprint density at radius 2 is 1.32 bits per heavy atom. The number of nitrogens with two attached hydrogens (primary N) is 3. The summed E-state index contributed by atoms with van der Waals surface area (Å²) >= 11 is 0. The number of aliphatic carboxylic acids is 1. The van der Waals surface area contributed by atoms with Crippen LogP contribution in [0.1, 0.15) is 39.5 Å². The van der Waals surface area contributed by atoms with Crippen LogP contribution in [0.3, 0.4) is 0 Å². The van der Waals surface area contributed by atoms with Crippen LogP contribution >= 0.6 is 0 Å². The van der Waals surface area contributed by atoms with Crippen LogP contribution < -0.4 is 33.2 Å². The topological polar surface area (TPSA) is 257 Å². The van der Waals surface area contributed by atoms with Crippen molar-refractivity contribution in [2.24, 2.45) is 17.2 Å². The summed E-state index contributed by atoms with van der Waals surface area (Å²) in [6.45, 7) is 2.45. The SMILES string of the molecule is CC(NC(=O)C(N)CCC(N)=O)C(=O)NC(CCC(N)=O)C(=O)NC(C(=O)O)C(C)O. The van der Waals surface area contributed by atoms with Crippen molar-refractivity contribution in [3.8, 4) is 0 Å². The second-order valence-electron chi connectivity index (χ2n) is 6.97. The number of carbonyl (C=O) groups excluding carboxylic acids is 5. The number of aliphatic hydroxyl groups is 1. The zero-order valence-electron chi connectivity index (χ0n) is 17.3. The Morgan fingerprint density at radius 3 is 1.77 bits per heavy atom. The predicted octanol–water partition coefficient (Wildman–Crippen LogP) is -4.22. The van der Waals surface area contributed by atoms with Crippen molar-refractivity contribution in [2.45, 2.75) is 69.8 Å². The number of rotatable bonds is 14. The Balaban J connectivity index is 5.12. The van der Waals surface area contributed by atoms with Gasteiger partial charge in [-0.25, -0.2) is 4.79 Å². The first-order chi connectivity index (χ1) is 14.3. The Morgan fingerprint density at radius 1 is 0.806 bits per heavy atom. The van der Waals surface area contributed by atoms with Crippen molar-refractivity contribution < 1.29 is 39.0 Å². The van der Waals surface area contributed by atoms with Crippen molar-refractivity contribution >= 4 is 35.5 Å². The molecule has 0 fully saturated rings. The molecule has 0 saturated heterocycles. The van der Waals surface area contributed by atoms with E-state index in [-0.39, 0.29) is 25.7 Å². The summed E-state index contributed by atoms with van der Waals surface area (Å²) in [6, 6.07) is -5.29. The van der Waals surface area contributed by atoms with Crippen LogP contribution in [0.25, 0.3) is 0 Å². The molecule has 5 atom stereocenters. The van der Waals surface area contributed by atoms with Crippen LogP contribution in [0, 0.1) is 0 Å². The van der Waals surface area contributed by atoms with Gasteiger partial charge in [-0.05, 0) is 26.7 Å². The summed E-state index contributed by atoms with van der Waals surface area (Å²) in [7, 11) is 0. The molecule has 0 heterocycles. The van der Waals surface area contributed by atoms with Crippen molar-refractivity contribution in [1.29, 1.82) is 0 Å². The molecule has 0 spiro atoms. The molecule has 14 heteroatoms. The van der Waals surface area contributed by atoms with Crippen molar-refractivity contribution in [3.63, 3.8) is 0 Å². The zero-order valence-corrected chi connectivity index (χ0v) is 17.3. The number of carbonyl (C=O) groups is 6. The van der Waals surface area contributed by atoms with Crippen molar-refractivity contribution in [3.05, 3.63) is 0 Å². The second-order valence-corrected chi connectivity index (χ2v) is 6.97. The Labute approximate surface area is 178 Å². The highest BCUT2D eigenvalue weighted by atomic mass is 16.4. The fraction of sp³-hybridized carbons (Fsp3) is 0.647. The van der Waals surface area contributed by atoms with Gasteiger partial charge in [0.15, 0.2) is 6.04 Å². The van der Waals surface area contributed by atoms with E-state index in [1.807, 2.05) is 0 Å². The van der Waals surface area contributed by atoms with Gasteiger partial charge in [-0.15, -0.1) is 0 Å². The average Bonchev–Trinajstić information content (AvgIpc) is 2.65. The third-order valence-corrected chi connectivity index (χ3v) is 4.15. The molecule has 0 aliphatic rings. The number of primary amides is 2. The predicted molar refractivity (Wildman–Crippen MR) is 106 cm³/mol. The first kappa shape index (κ1) is 27.7. The molecule has 31 heavy (non-hydrogen) atoms. The molecular weight excluding hydrogens is 416 g/mol. The van der Waals surface area contributed by atoms with Gasteiger partial charge in [-0.1, -0.05) is 0 Å². The standard InChI is InChI=1S/C17H30N6O8/c1-7(21-15(28)9(18)3-5-11(19)25)14(27)22-10(4-6-12(20)26)16(29)23-13(8(2)24)17(30)31/h7-10,13,24H,3-6,18H2,1-2H3,(H2,19,25)(H2,20,26)(H,21,28)(H,22,27)(H,23,29)(H,30,31). The van der Waals surface area contributed by atoms with Gasteiger partial charge in [-0.2, -0.15) is 0 Å². The summed E-state index contributed by atoms with van der Waals surface area (Å²) < 4.78 is 0. The van der Waals surface area contributed by atoms with Crippen LogP contribution in [-0.2, 0) is 28.8 Å². The summed E-state index contributed by atoms with van der Waals surface area (Å²) in [4.78, 5) is 69.8. The fourth-order valence-electron chi connectivity index (χ4n) is 2.31. The summed E-state index contributed by atoms with van der Waals surface area (Å²) in [5.74, 6) is -5.45. The van der Waals surface area contributed by atoms with Crippen molar-refractivity contribution in [2.75, 3.05) is 0 Å². The van der Waals surface area contributed by atoms with E-state index in [0.29, 0.717) is 0 Å². The molecule has 14 nitrogen and oxygen atoms in total. The lowest BCUT2D eigenvalue weighted by Crippen LogP contribution is -2.57. The average molecular weight is 446 g/mol. The highest BCUT2D eigenvalue weighted by Gasteiger charge is 2.31. The van der Waals surface area contributed by atoms with E-state index < -0.39 is 65.8 Å². The van der Waals surface area contributed by atoms with E-state index in [4.69, 9.17) is 22.3 Å². The minimum Gasteiger partial charge on any atom is -0.480 e. The van der Waals surface area contributed by atoms with E-state index >= 15 is 0 Å². The van der Waals surface area contributed by atoms with E-state index in [1.165, 1.54) is 6.92 Å². The molecule has 0 aromatic carbocycles. The molecule has 11 N–H and O–H groups in total. The Bertz CT molecular complexity index is 698. The number of carboxylic acid groups (broad SMARTS) is 1. The molecule has 0 saturated carbocycles. The van der Waals surface area contributed by atoms with Crippen LogP contribution in [-0.4, -0.2) is 76.0 Å². The largest absolute Gasteiger partial charge is 0.480 e. The maximum Gasteiger partial charge on any atom is 0.328 e. The van der Waals surface area contributed by atoms with Crippen LogP contribution in [0.15, 0.2) is 0 Å². The maximum atomic E-state index is 12.4. The van der Waals surface area contributed by atoms with Gasteiger partial charge in [0.05, 0.1) is 12.1 Å². The lowest BCUT2D eigenvalue weighted by atomic mass is 10.1. The lowest BCUT2D eigenvalue weighted by Gasteiger charge is -2.24. The van der Waals surface area contributed by atoms with Gasteiger partial charge >= 0.3 is 5.97 Å². The van der Waals surface area contributed by atoms with E-state index in [9.17, 15) is 33.9 Å². The third-order valence-electron chi connectivity index (χ3n) is 4.15.